The number of urea groups is 1. The molecule has 1 N–H and O–H groups in total. The van der Waals surface area contributed by atoms with Crippen LogP contribution >= 0.6 is 0 Å². The van der Waals surface area contributed by atoms with Crippen molar-refractivity contribution < 1.29 is 9.53 Å². The maximum atomic E-state index is 11.3. The van der Waals surface area contributed by atoms with Crippen LogP contribution in [0.4, 0.5) is 4.79 Å². The Labute approximate surface area is 109 Å². The molecule has 18 heavy (non-hydrogen) atoms. The molecule has 4 nitrogen and oxygen atoms in total. The van der Waals surface area contributed by atoms with Crippen molar-refractivity contribution >= 4 is 6.03 Å². The first-order valence-corrected chi connectivity index (χ1v) is 6.21. The molecule has 0 heterocycles. The Morgan fingerprint density at radius 3 is 2.44 bits per heavy atom. The van der Waals surface area contributed by atoms with Gasteiger partial charge in [0.05, 0.1) is 6.10 Å². The molecule has 0 spiro atoms. The van der Waals surface area contributed by atoms with E-state index in [1.807, 2.05) is 38.1 Å². The molecule has 0 aliphatic rings. The molecule has 0 bridgehead atoms. The summed E-state index contributed by atoms with van der Waals surface area (Å²) >= 11 is 0. The van der Waals surface area contributed by atoms with Crippen LogP contribution in [0, 0.1) is 0 Å². The highest BCUT2D eigenvalue weighted by Gasteiger charge is 2.05. The SMILES string of the molecule is CNC(=O)N(C)CCc1ccc(OC(C)C)cc1. The lowest BCUT2D eigenvalue weighted by atomic mass is 10.1. The summed E-state index contributed by atoms with van der Waals surface area (Å²) in [6, 6.07) is 7.95. The molecule has 1 aromatic rings. The van der Waals surface area contributed by atoms with Gasteiger partial charge in [-0.05, 0) is 38.0 Å². The topological polar surface area (TPSA) is 41.6 Å². The van der Waals surface area contributed by atoms with Crippen LogP contribution in [0.25, 0.3) is 0 Å². The van der Waals surface area contributed by atoms with Crippen molar-refractivity contribution in [1.29, 1.82) is 0 Å². The van der Waals surface area contributed by atoms with Crippen LogP contribution in [-0.4, -0.2) is 37.7 Å². The van der Waals surface area contributed by atoms with Gasteiger partial charge in [-0.2, -0.15) is 0 Å². The minimum absolute atomic E-state index is 0.0604. The van der Waals surface area contributed by atoms with E-state index in [0.717, 1.165) is 12.2 Å². The molecule has 4 heteroatoms. The van der Waals surface area contributed by atoms with Gasteiger partial charge >= 0.3 is 6.03 Å². The quantitative estimate of drug-likeness (QED) is 0.871. The summed E-state index contributed by atoms with van der Waals surface area (Å²) in [5.74, 6) is 0.883. The van der Waals surface area contributed by atoms with Crippen LogP contribution in [0.1, 0.15) is 19.4 Å². The third-order valence-electron chi connectivity index (χ3n) is 2.59. The number of benzene rings is 1. The number of nitrogens with zero attached hydrogens (tertiary/aromatic N) is 1. The predicted octanol–water partition coefficient (Wildman–Crippen LogP) is 2.29. The fraction of sp³-hybridized carbons (Fsp3) is 0.500. The second-order valence-electron chi connectivity index (χ2n) is 4.54. The third-order valence-corrected chi connectivity index (χ3v) is 2.59. The van der Waals surface area contributed by atoms with Crippen molar-refractivity contribution in [2.75, 3.05) is 20.6 Å². The molecule has 0 radical (unpaired) electrons. The van der Waals surface area contributed by atoms with E-state index in [1.54, 1.807) is 19.0 Å². The molecule has 0 fully saturated rings. The summed E-state index contributed by atoms with van der Waals surface area (Å²) in [5, 5.41) is 2.60. The maximum absolute atomic E-state index is 11.3. The second kappa shape index (κ2) is 6.89. The van der Waals surface area contributed by atoms with E-state index in [4.69, 9.17) is 4.74 Å². The van der Waals surface area contributed by atoms with Crippen molar-refractivity contribution in [3.05, 3.63) is 29.8 Å². The van der Waals surface area contributed by atoms with E-state index < -0.39 is 0 Å². The largest absolute Gasteiger partial charge is 0.491 e. The number of hydrogen-bond donors (Lipinski definition) is 1. The van der Waals surface area contributed by atoms with Crippen LogP contribution < -0.4 is 10.1 Å². The molecule has 0 saturated heterocycles. The Hall–Kier alpha value is -1.71. The van der Waals surface area contributed by atoms with Gasteiger partial charge in [0, 0.05) is 20.6 Å². The summed E-state index contributed by atoms with van der Waals surface area (Å²) in [7, 11) is 3.42. The van der Waals surface area contributed by atoms with E-state index >= 15 is 0 Å². The van der Waals surface area contributed by atoms with E-state index in [-0.39, 0.29) is 12.1 Å². The van der Waals surface area contributed by atoms with Crippen LogP contribution in [0.2, 0.25) is 0 Å². The Balaban J connectivity index is 2.46. The third kappa shape index (κ3) is 4.65. The molecule has 0 unspecified atom stereocenters. The van der Waals surface area contributed by atoms with Crippen LogP contribution in [-0.2, 0) is 6.42 Å². The number of rotatable bonds is 5. The fourth-order valence-electron chi connectivity index (χ4n) is 1.60. The van der Waals surface area contributed by atoms with Gasteiger partial charge < -0.3 is 15.0 Å². The van der Waals surface area contributed by atoms with Gasteiger partial charge in [0.25, 0.3) is 0 Å². The number of carbonyl (C=O) groups is 1. The number of carbonyl (C=O) groups excluding carboxylic acids is 1. The summed E-state index contributed by atoms with van der Waals surface area (Å²) < 4.78 is 5.58. The van der Waals surface area contributed by atoms with E-state index in [0.29, 0.717) is 6.54 Å². The lowest BCUT2D eigenvalue weighted by Gasteiger charge is -2.16. The maximum Gasteiger partial charge on any atom is 0.316 e. The monoisotopic (exact) mass is 250 g/mol. The van der Waals surface area contributed by atoms with Gasteiger partial charge in [0.2, 0.25) is 0 Å². The van der Waals surface area contributed by atoms with Gasteiger partial charge in [0.15, 0.2) is 0 Å². The zero-order valence-corrected chi connectivity index (χ0v) is 11.6. The lowest BCUT2D eigenvalue weighted by molar-refractivity contribution is 0.211. The zero-order chi connectivity index (χ0) is 13.5. The van der Waals surface area contributed by atoms with Crippen molar-refractivity contribution in [3.63, 3.8) is 0 Å². The van der Waals surface area contributed by atoms with Crippen LogP contribution in [0.5, 0.6) is 5.75 Å². The molecule has 0 aliphatic heterocycles. The Morgan fingerprint density at radius 2 is 1.94 bits per heavy atom. The number of nitrogens with one attached hydrogen (secondary N) is 1. The van der Waals surface area contributed by atoms with Crippen LogP contribution in [0.3, 0.4) is 0 Å². The highest BCUT2D eigenvalue weighted by Crippen LogP contribution is 2.14. The minimum Gasteiger partial charge on any atom is -0.491 e. The summed E-state index contributed by atoms with van der Waals surface area (Å²) in [6.45, 7) is 4.71. The lowest BCUT2D eigenvalue weighted by Crippen LogP contribution is -2.36. The summed E-state index contributed by atoms with van der Waals surface area (Å²) in [5.41, 5.74) is 1.20. The number of ether oxygens (including phenoxy) is 1. The Kier molecular flexibility index (Phi) is 5.49. The summed E-state index contributed by atoms with van der Waals surface area (Å²) in [6.07, 6.45) is 1.03. The van der Waals surface area contributed by atoms with E-state index in [2.05, 4.69) is 5.32 Å². The Bertz CT molecular complexity index is 374. The molecule has 0 aliphatic carbocycles. The molecule has 100 valence electrons. The average molecular weight is 250 g/mol. The Morgan fingerprint density at radius 1 is 1.33 bits per heavy atom. The molecule has 0 saturated carbocycles. The highest BCUT2D eigenvalue weighted by molar-refractivity contribution is 5.73. The fourth-order valence-corrected chi connectivity index (χ4v) is 1.60. The van der Waals surface area contributed by atoms with Gasteiger partial charge in [-0.3, -0.25) is 0 Å². The average Bonchev–Trinajstić information content (AvgIpc) is 2.36. The van der Waals surface area contributed by atoms with Crippen molar-refractivity contribution in [1.82, 2.24) is 10.2 Å². The number of hydrogen-bond acceptors (Lipinski definition) is 2. The molecular formula is C14H22N2O2. The van der Waals surface area contributed by atoms with Gasteiger partial charge in [0.1, 0.15) is 5.75 Å². The minimum atomic E-state index is -0.0604. The number of likely N-dealkylation sites (N-methyl/N-ethyl adjacent to an activating group) is 1. The second-order valence-corrected chi connectivity index (χ2v) is 4.54. The molecule has 0 aromatic heterocycles. The van der Waals surface area contributed by atoms with Gasteiger partial charge in [-0.25, -0.2) is 4.79 Å². The van der Waals surface area contributed by atoms with Crippen molar-refractivity contribution in [2.24, 2.45) is 0 Å². The molecule has 2 amide bonds. The van der Waals surface area contributed by atoms with Gasteiger partial charge in [-0.15, -0.1) is 0 Å². The smallest absolute Gasteiger partial charge is 0.316 e. The molecular weight excluding hydrogens is 228 g/mol. The molecule has 1 rings (SSSR count). The predicted molar refractivity (Wildman–Crippen MR) is 73.0 cm³/mol. The van der Waals surface area contributed by atoms with Gasteiger partial charge in [-0.1, -0.05) is 12.1 Å². The molecule has 0 atom stereocenters. The number of amides is 2. The van der Waals surface area contributed by atoms with Crippen molar-refractivity contribution in [3.8, 4) is 5.75 Å². The summed E-state index contributed by atoms with van der Waals surface area (Å²) in [4.78, 5) is 13.0. The molecule has 1 aromatic carbocycles. The van der Waals surface area contributed by atoms with E-state index in [1.165, 1.54) is 5.56 Å². The van der Waals surface area contributed by atoms with Crippen LogP contribution in [0.15, 0.2) is 24.3 Å². The first-order valence-electron chi connectivity index (χ1n) is 6.21. The zero-order valence-electron chi connectivity index (χ0n) is 11.6. The standard InChI is InChI=1S/C14H22N2O2/c1-11(2)18-13-7-5-12(6-8-13)9-10-16(4)14(17)15-3/h5-8,11H,9-10H2,1-4H3,(H,15,17). The highest BCUT2D eigenvalue weighted by atomic mass is 16.5. The first kappa shape index (κ1) is 14.4. The van der Waals surface area contributed by atoms with E-state index in [9.17, 15) is 4.79 Å². The first-order chi connectivity index (χ1) is 8.52. The normalized spacial score (nSPS) is 10.3. The van der Waals surface area contributed by atoms with Crippen molar-refractivity contribution in [2.45, 2.75) is 26.4 Å².